The molecule has 1 N–H and O–H groups in total. The first-order valence-electron chi connectivity index (χ1n) is 11.3. The minimum Gasteiger partial charge on any atom is -0.507 e. The Balaban J connectivity index is 1.76. The molecular formula is C25H25F3N2O6. The summed E-state index contributed by atoms with van der Waals surface area (Å²) in [5.74, 6) is -3.64. The minimum atomic E-state index is -5.05. The number of aromatic hydroxyl groups is 1. The molecule has 36 heavy (non-hydrogen) atoms. The lowest BCUT2D eigenvalue weighted by molar-refractivity contribution is -0.154. The van der Waals surface area contributed by atoms with E-state index in [1.807, 2.05) is 11.8 Å². The second-order valence-electron chi connectivity index (χ2n) is 8.36. The first-order chi connectivity index (χ1) is 17.1. The summed E-state index contributed by atoms with van der Waals surface area (Å²) in [5, 5.41) is 10.3. The first kappa shape index (κ1) is 25.5. The Hall–Kier alpha value is -3.57. The number of nitrogens with zero attached hydrogens (tertiary/aromatic N) is 2. The number of phenolic OH excluding ortho intramolecular Hbond substituents is 1. The Kier molecular flexibility index (Phi) is 7.23. The SMILES string of the molecule is CCN1CCN(Cc2c(O)ccc3c(=O)c(Oc4ccc(C(=O)OC)cc4)c(C(F)(F)F)oc23)CC1. The largest absolute Gasteiger partial charge is 0.507 e. The first-order valence-corrected chi connectivity index (χ1v) is 11.3. The Morgan fingerprint density at radius 1 is 1.06 bits per heavy atom. The van der Waals surface area contributed by atoms with Crippen molar-refractivity contribution in [3.63, 3.8) is 0 Å². The molecular weight excluding hydrogens is 481 g/mol. The molecule has 11 heteroatoms. The maximum atomic E-state index is 14.0. The van der Waals surface area contributed by atoms with Crippen LogP contribution in [-0.2, 0) is 17.5 Å². The smallest absolute Gasteiger partial charge is 0.453 e. The predicted molar refractivity (Wildman–Crippen MR) is 124 cm³/mol. The van der Waals surface area contributed by atoms with Crippen LogP contribution in [0.25, 0.3) is 11.0 Å². The quantitative estimate of drug-likeness (QED) is 0.497. The third-order valence-electron chi connectivity index (χ3n) is 6.14. The van der Waals surface area contributed by atoms with Gasteiger partial charge in [0.15, 0.2) is 0 Å². The molecule has 2 aromatic carbocycles. The summed E-state index contributed by atoms with van der Waals surface area (Å²) in [6.45, 7) is 5.94. The normalized spacial score (nSPS) is 15.2. The van der Waals surface area contributed by atoms with Crippen molar-refractivity contribution in [2.45, 2.75) is 19.6 Å². The predicted octanol–water partition coefficient (Wildman–Crippen LogP) is 4.23. The molecule has 0 radical (unpaired) electrons. The Labute approximate surface area is 204 Å². The molecule has 0 bridgehead atoms. The van der Waals surface area contributed by atoms with Crippen molar-refractivity contribution < 1.29 is 37.0 Å². The zero-order valence-corrected chi connectivity index (χ0v) is 19.7. The van der Waals surface area contributed by atoms with Crippen LogP contribution in [0.4, 0.5) is 13.2 Å². The molecule has 0 unspecified atom stereocenters. The van der Waals surface area contributed by atoms with E-state index in [9.17, 15) is 27.9 Å². The molecule has 8 nitrogen and oxygen atoms in total. The number of hydrogen-bond acceptors (Lipinski definition) is 8. The monoisotopic (exact) mass is 506 g/mol. The molecule has 1 saturated heterocycles. The summed E-state index contributed by atoms with van der Waals surface area (Å²) in [7, 11) is 1.19. The van der Waals surface area contributed by atoms with Gasteiger partial charge < -0.3 is 23.9 Å². The molecule has 1 aromatic heterocycles. The van der Waals surface area contributed by atoms with Crippen molar-refractivity contribution >= 4 is 16.9 Å². The number of methoxy groups -OCH3 is 1. The van der Waals surface area contributed by atoms with E-state index >= 15 is 0 Å². The Morgan fingerprint density at radius 3 is 2.28 bits per heavy atom. The maximum absolute atomic E-state index is 14.0. The number of alkyl halides is 3. The highest BCUT2D eigenvalue weighted by Crippen LogP contribution is 2.40. The molecule has 0 saturated carbocycles. The molecule has 1 aliphatic heterocycles. The van der Waals surface area contributed by atoms with E-state index in [4.69, 9.17) is 9.15 Å². The molecule has 2 heterocycles. The van der Waals surface area contributed by atoms with Crippen molar-refractivity contribution in [3.05, 3.63) is 63.5 Å². The van der Waals surface area contributed by atoms with Gasteiger partial charge in [0.05, 0.1) is 23.6 Å². The highest BCUT2D eigenvalue weighted by atomic mass is 19.4. The minimum absolute atomic E-state index is 0.104. The van der Waals surface area contributed by atoms with Crippen LogP contribution in [0, 0.1) is 0 Å². The van der Waals surface area contributed by atoms with Crippen LogP contribution in [0.3, 0.4) is 0 Å². The highest BCUT2D eigenvalue weighted by molar-refractivity contribution is 5.89. The standard InChI is InChI=1S/C25H25F3N2O6/c1-3-29-10-12-30(13-11-29)14-18-19(31)9-8-17-20(32)22(23(25(26,27)28)36-21(17)18)35-16-6-4-15(5-7-16)24(33)34-2/h4-9,31H,3,10-14H2,1-2H3. The second kappa shape index (κ2) is 10.2. The van der Waals surface area contributed by atoms with Gasteiger partial charge in [0, 0.05) is 32.7 Å². The van der Waals surface area contributed by atoms with Gasteiger partial charge in [-0.05, 0) is 42.9 Å². The lowest BCUT2D eigenvalue weighted by Crippen LogP contribution is -2.45. The van der Waals surface area contributed by atoms with E-state index in [0.717, 1.165) is 19.6 Å². The number of halogens is 3. The molecule has 1 aliphatic rings. The summed E-state index contributed by atoms with van der Waals surface area (Å²) in [5.41, 5.74) is -1.10. The number of phenols is 1. The third kappa shape index (κ3) is 5.17. The number of carbonyl (C=O) groups excluding carboxylic acids is 1. The second-order valence-corrected chi connectivity index (χ2v) is 8.36. The number of hydrogen-bond donors (Lipinski definition) is 1. The topological polar surface area (TPSA) is 92.5 Å². The number of fused-ring (bicyclic) bond motifs is 1. The van der Waals surface area contributed by atoms with Gasteiger partial charge in [-0.15, -0.1) is 0 Å². The number of carbonyl (C=O) groups is 1. The van der Waals surface area contributed by atoms with Gasteiger partial charge >= 0.3 is 12.1 Å². The molecule has 0 atom stereocenters. The van der Waals surface area contributed by atoms with Crippen LogP contribution in [0.5, 0.6) is 17.2 Å². The van der Waals surface area contributed by atoms with Crippen molar-refractivity contribution in [1.82, 2.24) is 9.80 Å². The molecule has 192 valence electrons. The molecule has 0 amide bonds. The highest BCUT2D eigenvalue weighted by Gasteiger charge is 2.41. The van der Waals surface area contributed by atoms with Crippen LogP contribution in [0.1, 0.15) is 28.6 Å². The van der Waals surface area contributed by atoms with Gasteiger partial charge in [0.2, 0.25) is 11.2 Å². The van der Waals surface area contributed by atoms with Crippen LogP contribution < -0.4 is 10.2 Å². The number of benzene rings is 2. The number of piperazine rings is 1. The van der Waals surface area contributed by atoms with Gasteiger partial charge in [-0.25, -0.2) is 4.79 Å². The van der Waals surface area contributed by atoms with Crippen LogP contribution in [0.2, 0.25) is 0 Å². The summed E-state index contributed by atoms with van der Waals surface area (Å²) >= 11 is 0. The van der Waals surface area contributed by atoms with Gasteiger partial charge in [0.1, 0.15) is 17.1 Å². The number of rotatable bonds is 6. The van der Waals surface area contributed by atoms with Gasteiger partial charge in [-0.3, -0.25) is 9.69 Å². The zero-order chi connectivity index (χ0) is 26.0. The molecule has 0 spiro atoms. The van der Waals surface area contributed by atoms with E-state index < -0.39 is 29.1 Å². The lowest BCUT2D eigenvalue weighted by Gasteiger charge is -2.34. The fourth-order valence-corrected chi connectivity index (χ4v) is 4.10. The lowest BCUT2D eigenvalue weighted by atomic mass is 10.1. The van der Waals surface area contributed by atoms with Gasteiger partial charge in [-0.2, -0.15) is 13.2 Å². The summed E-state index contributed by atoms with van der Waals surface area (Å²) in [6.07, 6.45) is -5.05. The fourth-order valence-electron chi connectivity index (χ4n) is 4.10. The Bertz CT molecular complexity index is 1310. The van der Waals surface area contributed by atoms with E-state index in [1.165, 1.54) is 43.5 Å². The Morgan fingerprint density at radius 2 is 1.69 bits per heavy atom. The van der Waals surface area contributed by atoms with Crippen molar-refractivity contribution in [2.75, 3.05) is 39.8 Å². The molecule has 0 aliphatic carbocycles. The molecule has 3 aromatic rings. The van der Waals surface area contributed by atoms with Crippen LogP contribution in [-0.4, -0.2) is 60.7 Å². The van der Waals surface area contributed by atoms with Crippen molar-refractivity contribution in [2.24, 2.45) is 0 Å². The average molecular weight is 506 g/mol. The van der Waals surface area contributed by atoms with Crippen LogP contribution >= 0.6 is 0 Å². The maximum Gasteiger partial charge on any atom is 0.453 e. The fraction of sp³-hybridized carbons (Fsp3) is 0.360. The zero-order valence-electron chi connectivity index (χ0n) is 19.7. The number of ether oxygens (including phenoxy) is 2. The van der Waals surface area contributed by atoms with E-state index in [-0.39, 0.29) is 40.1 Å². The van der Waals surface area contributed by atoms with Crippen LogP contribution in [0.15, 0.2) is 45.6 Å². The third-order valence-corrected chi connectivity index (χ3v) is 6.14. The summed E-state index contributed by atoms with van der Waals surface area (Å²) in [6, 6.07) is 7.56. The summed E-state index contributed by atoms with van der Waals surface area (Å²) < 4.78 is 57.2. The van der Waals surface area contributed by atoms with E-state index in [2.05, 4.69) is 9.64 Å². The van der Waals surface area contributed by atoms with E-state index in [0.29, 0.717) is 13.1 Å². The average Bonchev–Trinajstić information content (AvgIpc) is 2.86. The van der Waals surface area contributed by atoms with Crippen molar-refractivity contribution in [1.29, 1.82) is 0 Å². The molecule has 4 rings (SSSR count). The van der Waals surface area contributed by atoms with Crippen molar-refractivity contribution in [3.8, 4) is 17.2 Å². The molecule has 1 fully saturated rings. The van der Waals surface area contributed by atoms with Gasteiger partial charge in [-0.1, -0.05) is 6.92 Å². The van der Waals surface area contributed by atoms with Gasteiger partial charge in [0.25, 0.3) is 5.76 Å². The summed E-state index contributed by atoms with van der Waals surface area (Å²) in [4.78, 5) is 29.0. The number of esters is 1. The number of likely N-dealkylation sites (N-methyl/N-ethyl adjacent to an activating group) is 1. The van der Waals surface area contributed by atoms with E-state index in [1.54, 1.807) is 0 Å².